The van der Waals surface area contributed by atoms with Crippen LogP contribution in [0.4, 0.5) is 4.79 Å². The van der Waals surface area contributed by atoms with Crippen LogP contribution in [0, 0.1) is 5.92 Å². The molecule has 4 N–H and O–H groups in total. The Hall–Kier alpha value is -5.43. The highest BCUT2D eigenvalue weighted by Gasteiger charge is 2.42. The molecular formula is C41H45N5O7S. The molecule has 3 amide bonds. The standard InChI is InChI=1S/C41H45N5O7S/c1-2-23-53-40(51)28-16-14-27(15-17-28)37-31-10-3-4-11-33(31)46(45-37)30-20-18-26(19-21-30)34(47)24-29(39(49)50)9-7-8-22-42-36(48)13-6-5-12-35-38-32(25-54-35)43-41(52)44-38/h2-4,10-11,14-21,29,32,35,38H,1,5-9,12-13,22-25H2,(H,42,48)(H,49,50)(H2,43,44,52)/t29-,32?,35?,38?/m1/s1. The number of amides is 3. The summed E-state index contributed by atoms with van der Waals surface area (Å²) in [7, 11) is 0. The van der Waals surface area contributed by atoms with E-state index in [1.165, 1.54) is 6.08 Å². The number of carboxylic acid groups (broad SMARTS) is 1. The first-order valence-corrected chi connectivity index (χ1v) is 19.4. The number of unbranched alkanes of at least 4 members (excludes halogenated alkanes) is 2. The number of ketones is 1. The highest BCUT2D eigenvalue weighted by molar-refractivity contribution is 8.00. The Balaban J connectivity index is 0.961. The van der Waals surface area contributed by atoms with Crippen LogP contribution in [-0.2, 0) is 14.3 Å². The van der Waals surface area contributed by atoms with Crippen LogP contribution in [0.3, 0.4) is 0 Å². The molecule has 0 spiro atoms. The summed E-state index contributed by atoms with van der Waals surface area (Å²) in [6.45, 7) is 4.16. The van der Waals surface area contributed by atoms with Crippen molar-refractivity contribution < 1.29 is 33.8 Å². The van der Waals surface area contributed by atoms with Gasteiger partial charge in [0.15, 0.2) is 5.78 Å². The fraction of sp³-hybridized carbons (Fsp3) is 0.366. The molecule has 2 saturated heterocycles. The molecule has 12 nitrogen and oxygen atoms in total. The molecule has 4 aromatic rings. The van der Waals surface area contributed by atoms with Crippen LogP contribution in [0.25, 0.3) is 27.8 Å². The normalized spacial score (nSPS) is 18.0. The first kappa shape index (κ1) is 38.3. The molecule has 3 aromatic carbocycles. The van der Waals surface area contributed by atoms with Crippen molar-refractivity contribution in [1.82, 2.24) is 25.7 Å². The number of ether oxygens (including phenoxy) is 1. The van der Waals surface area contributed by atoms with Crippen LogP contribution >= 0.6 is 11.8 Å². The Kier molecular flexibility index (Phi) is 12.8. The predicted molar refractivity (Wildman–Crippen MR) is 208 cm³/mol. The molecule has 4 atom stereocenters. The number of rotatable bonds is 19. The highest BCUT2D eigenvalue weighted by atomic mass is 32.2. The fourth-order valence-electron chi connectivity index (χ4n) is 7.01. The lowest BCUT2D eigenvalue weighted by atomic mass is 9.93. The Bertz CT molecular complexity index is 2000. The number of aliphatic carboxylic acids is 1. The molecule has 0 bridgehead atoms. The maximum Gasteiger partial charge on any atom is 0.338 e. The maximum absolute atomic E-state index is 13.2. The topological polar surface area (TPSA) is 169 Å². The third-order valence-electron chi connectivity index (χ3n) is 9.91. The number of carbonyl (C=O) groups excluding carboxylic acids is 4. The zero-order valence-electron chi connectivity index (χ0n) is 30.0. The van der Waals surface area contributed by atoms with Gasteiger partial charge in [-0.3, -0.25) is 14.4 Å². The number of esters is 1. The number of Topliss-reactive ketones (excluding diaryl/α,β-unsaturated/α-hetero) is 1. The summed E-state index contributed by atoms with van der Waals surface area (Å²) in [4.78, 5) is 61.4. The number of nitrogens with one attached hydrogen (secondary N) is 3. The number of urea groups is 1. The first-order valence-electron chi connectivity index (χ1n) is 18.4. The number of benzene rings is 3. The average molecular weight is 752 g/mol. The van der Waals surface area contributed by atoms with E-state index in [-0.39, 0.29) is 42.8 Å². The zero-order valence-corrected chi connectivity index (χ0v) is 30.8. The van der Waals surface area contributed by atoms with Gasteiger partial charge in [0.1, 0.15) is 12.3 Å². The number of aromatic nitrogens is 2. The molecule has 2 fully saturated rings. The molecule has 1 aromatic heterocycles. The van der Waals surface area contributed by atoms with Crippen molar-refractivity contribution in [1.29, 1.82) is 0 Å². The molecule has 2 aliphatic heterocycles. The molecular weight excluding hydrogens is 707 g/mol. The minimum atomic E-state index is -1.01. The van der Waals surface area contributed by atoms with Gasteiger partial charge in [-0.2, -0.15) is 16.9 Å². The lowest BCUT2D eigenvalue weighted by Crippen LogP contribution is -2.36. The van der Waals surface area contributed by atoms with Crippen molar-refractivity contribution in [2.45, 2.75) is 68.7 Å². The molecule has 0 aliphatic carbocycles. The van der Waals surface area contributed by atoms with Crippen LogP contribution in [0.5, 0.6) is 0 Å². The second kappa shape index (κ2) is 18.1. The van der Waals surface area contributed by atoms with Gasteiger partial charge in [-0.25, -0.2) is 14.3 Å². The minimum Gasteiger partial charge on any atom is -0.481 e. The number of hydrogen-bond acceptors (Lipinski definition) is 8. The first-order chi connectivity index (χ1) is 26.2. The summed E-state index contributed by atoms with van der Waals surface area (Å²) >= 11 is 1.87. The lowest BCUT2D eigenvalue weighted by molar-refractivity contribution is -0.142. The predicted octanol–water partition coefficient (Wildman–Crippen LogP) is 6.32. The van der Waals surface area contributed by atoms with Crippen molar-refractivity contribution >= 4 is 52.3 Å². The quantitative estimate of drug-likeness (QED) is 0.0282. The number of para-hydroxylation sites is 1. The van der Waals surface area contributed by atoms with Gasteiger partial charge in [-0.1, -0.05) is 55.8 Å². The molecule has 0 saturated carbocycles. The Morgan fingerprint density at radius 3 is 2.50 bits per heavy atom. The van der Waals surface area contributed by atoms with E-state index in [9.17, 15) is 29.1 Å². The summed E-state index contributed by atoms with van der Waals surface area (Å²) in [5.74, 6) is -1.62. The highest BCUT2D eigenvalue weighted by Crippen LogP contribution is 2.33. The van der Waals surface area contributed by atoms with Gasteiger partial charge in [0.2, 0.25) is 5.91 Å². The Morgan fingerprint density at radius 2 is 1.74 bits per heavy atom. The van der Waals surface area contributed by atoms with Gasteiger partial charge in [0.25, 0.3) is 0 Å². The minimum absolute atomic E-state index is 0.0204. The molecule has 3 heterocycles. The third-order valence-corrected chi connectivity index (χ3v) is 11.4. The van der Waals surface area contributed by atoms with Crippen LogP contribution < -0.4 is 16.0 Å². The smallest absolute Gasteiger partial charge is 0.338 e. The second-order valence-electron chi connectivity index (χ2n) is 13.7. The molecule has 0 radical (unpaired) electrons. The van der Waals surface area contributed by atoms with Crippen molar-refractivity contribution in [3.8, 4) is 16.9 Å². The summed E-state index contributed by atoms with van der Waals surface area (Å²) < 4.78 is 6.92. The number of fused-ring (bicyclic) bond motifs is 2. The number of thioether (sulfide) groups is 1. The number of carbonyl (C=O) groups is 5. The number of hydrogen-bond donors (Lipinski definition) is 4. The van der Waals surface area contributed by atoms with E-state index >= 15 is 0 Å². The van der Waals surface area contributed by atoms with Crippen LogP contribution in [-0.4, -0.2) is 80.8 Å². The van der Waals surface area contributed by atoms with E-state index in [4.69, 9.17) is 9.84 Å². The van der Waals surface area contributed by atoms with Gasteiger partial charge in [0, 0.05) is 46.9 Å². The third kappa shape index (κ3) is 9.37. The number of nitrogens with zero attached hydrogens (tertiary/aromatic N) is 2. The number of carboxylic acids is 1. The van der Waals surface area contributed by atoms with E-state index in [1.807, 2.05) is 48.2 Å². The second-order valence-corrected chi connectivity index (χ2v) is 14.9. The summed E-state index contributed by atoms with van der Waals surface area (Å²) in [6.07, 6.45) is 6.00. The van der Waals surface area contributed by atoms with Crippen LogP contribution in [0.2, 0.25) is 0 Å². The van der Waals surface area contributed by atoms with Crippen molar-refractivity contribution in [2.24, 2.45) is 5.92 Å². The van der Waals surface area contributed by atoms with E-state index in [0.29, 0.717) is 48.6 Å². The molecule has 13 heteroatoms. The van der Waals surface area contributed by atoms with E-state index in [0.717, 1.165) is 52.9 Å². The largest absolute Gasteiger partial charge is 0.481 e. The molecule has 6 rings (SSSR count). The van der Waals surface area contributed by atoms with Crippen molar-refractivity contribution in [3.05, 3.63) is 96.6 Å². The average Bonchev–Trinajstić information content (AvgIpc) is 3.87. The summed E-state index contributed by atoms with van der Waals surface area (Å²) in [6, 6.07) is 22.1. The van der Waals surface area contributed by atoms with Crippen molar-refractivity contribution in [3.63, 3.8) is 0 Å². The van der Waals surface area contributed by atoms with Gasteiger partial charge in [0.05, 0.1) is 34.8 Å². The maximum atomic E-state index is 13.2. The molecule has 2 aliphatic rings. The van der Waals surface area contributed by atoms with Gasteiger partial charge in [-0.05, 0) is 68.1 Å². The van der Waals surface area contributed by atoms with Gasteiger partial charge < -0.3 is 25.8 Å². The zero-order chi connectivity index (χ0) is 38.0. The molecule has 54 heavy (non-hydrogen) atoms. The monoisotopic (exact) mass is 751 g/mol. The van der Waals surface area contributed by atoms with E-state index in [2.05, 4.69) is 22.5 Å². The SMILES string of the molecule is C=CCOC(=O)c1ccc(-c2nn(-c3ccc(C(=O)C[C@@H](CCCCNC(=O)CCCCC4SCC5NC(=O)NC54)C(=O)O)cc3)c3ccccc23)cc1. The van der Waals surface area contributed by atoms with Crippen LogP contribution in [0.1, 0.15) is 72.1 Å². The van der Waals surface area contributed by atoms with E-state index < -0.39 is 17.9 Å². The molecule has 282 valence electrons. The Morgan fingerprint density at radius 1 is 0.981 bits per heavy atom. The fourth-order valence-corrected chi connectivity index (χ4v) is 8.55. The lowest BCUT2D eigenvalue weighted by Gasteiger charge is -2.16. The van der Waals surface area contributed by atoms with Crippen LogP contribution in [0.15, 0.2) is 85.5 Å². The Labute approximate surface area is 318 Å². The van der Waals surface area contributed by atoms with Gasteiger partial charge >= 0.3 is 18.0 Å². The van der Waals surface area contributed by atoms with E-state index in [1.54, 1.807) is 41.1 Å². The van der Waals surface area contributed by atoms with Gasteiger partial charge in [-0.15, -0.1) is 0 Å². The summed E-state index contributed by atoms with van der Waals surface area (Å²) in [5, 5.41) is 24.9. The molecule has 3 unspecified atom stereocenters. The summed E-state index contributed by atoms with van der Waals surface area (Å²) in [5.41, 5.74) is 3.99. The van der Waals surface area contributed by atoms with Crippen molar-refractivity contribution in [2.75, 3.05) is 18.9 Å².